The Morgan fingerprint density at radius 3 is 2.57 bits per heavy atom. The van der Waals surface area contributed by atoms with E-state index in [0.29, 0.717) is 31.4 Å². The monoisotopic (exact) mass is 542 g/mol. The summed E-state index contributed by atoms with van der Waals surface area (Å²) in [5.74, 6) is -0.792. The van der Waals surface area contributed by atoms with Crippen molar-refractivity contribution in [2.45, 2.75) is 43.9 Å². The van der Waals surface area contributed by atoms with E-state index in [1.165, 1.54) is 11.0 Å². The molecule has 0 bridgehead atoms. The zero-order valence-electron chi connectivity index (χ0n) is 16.4. The number of nitrogens with zero attached hydrogens (tertiary/aromatic N) is 1. The number of carbonyl (C=O) groups is 3. The molecule has 2 aliphatic heterocycles. The van der Waals surface area contributed by atoms with Gasteiger partial charge in [-0.25, -0.2) is 4.79 Å². The van der Waals surface area contributed by atoms with Crippen molar-refractivity contribution in [1.82, 2.24) is 10.2 Å². The van der Waals surface area contributed by atoms with Crippen molar-refractivity contribution >= 4 is 49.7 Å². The third kappa shape index (κ3) is 5.50. The average molecular weight is 544 g/mol. The number of halogens is 2. The summed E-state index contributed by atoms with van der Waals surface area (Å²) in [6.45, 7) is 4.76. The summed E-state index contributed by atoms with van der Waals surface area (Å²) in [6.07, 6.45) is 2.51. The third-order valence-electron chi connectivity index (χ3n) is 5.17. The second kappa shape index (κ2) is 10.5. The van der Waals surface area contributed by atoms with Gasteiger partial charge in [-0.05, 0) is 50.4 Å². The van der Waals surface area contributed by atoms with E-state index < -0.39 is 30.3 Å². The molecular formula is C21H24Br2N2O5. The van der Waals surface area contributed by atoms with Gasteiger partial charge in [0.05, 0.1) is 6.04 Å². The van der Waals surface area contributed by atoms with E-state index in [1.54, 1.807) is 12.1 Å². The Labute approximate surface area is 192 Å². The van der Waals surface area contributed by atoms with E-state index >= 15 is 0 Å². The minimum Gasteiger partial charge on any atom is -0.448 e. The second-order valence-electron chi connectivity index (χ2n) is 7.29. The minimum atomic E-state index is -1.12. The Balaban J connectivity index is 1.86. The lowest BCUT2D eigenvalue weighted by molar-refractivity contribution is -0.158. The highest BCUT2D eigenvalue weighted by molar-refractivity contribution is 9.11. The van der Waals surface area contributed by atoms with E-state index in [0.717, 1.165) is 21.9 Å². The number of ether oxygens (including phenoxy) is 2. The topological polar surface area (TPSA) is 84.9 Å². The highest BCUT2D eigenvalue weighted by atomic mass is 79.9. The summed E-state index contributed by atoms with van der Waals surface area (Å²) in [6, 6.07) is 4.19. The Bertz CT molecular complexity index is 805. The largest absolute Gasteiger partial charge is 0.448 e. The van der Waals surface area contributed by atoms with Gasteiger partial charge in [-0.1, -0.05) is 44.5 Å². The number of esters is 1. The molecule has 3 atom stereocenters. The zero-order chi connectivity index (χ0) is 21.7. The lowest BCUT2D eigenvalue weighted by atomic mass is 9.98. The summed E-state index contributed by atoms with van der Waals surface area (Å²) >= 11 is 6.84. The molecule has 1 amide bonds. The summed E-state index contributed by atoms with van der Waals surface area (Å²) in [7, 11) is 0. The van der Waals surface area contributed by atoms with Crippen molar-refractivity contribution in [1.29, 1.82) is 0 Å². The molecule has 30 heavy (non-hydrogen) atoms. The first-order valence-electron chi connectivity index (χ1n) is 9.88. The van der Waals surface area contributed by atoms with Crippen LogP contribution in [-0.2, 0) is 19.1 Å². The van der Waals surface area contributed by atoms with Crippen LogP contribution in [-0.4, -0.2) is 54.5 Å². The molecule has 2 unspecified atom stereocenters. The van der Waals surface area contributed by atoms with Gasteiger partial charge in [0.1, 0.15) is 12.6 Å². The van der Waals surface area contributed by atoms with Crippen LogP contribution in [0.5, 0.6) is 0 Å². The van der Waals surface area contributed by atoms with Crippen LogP contribution in [0.1, 0.15) is 37.4 Å². The summed E-state index contributed by atoms with van der Waals surface area (Å²) in [4.78, 5) is 40.0. The summed E-state index contributed by atoms with van der Waals surface area (Å²) < 4.78 is 12.3. The van der Waals surface area contributed by atoms with Gasteiger partial charge in [0.25, 0.3) is 0 Å². The number of benzene rings is 1. The Morgan fingerprint density at radius 1 is 1.20 bits per heavy atom. The molecule has 0 radical (unpaired) electrons. The van der Waals surface area contributed by atoms with Gasteiger partial charge in [-0.2, -0.15) is 0 Å². The minimum absolute atomic E-state index is 0.0700. The summed E-state index contributed by atoms with van der Waals surface area (Å²) in [5, 5.41) is 3.10. The van der Waals surface area contributed by atoms with Crippen molar-refractivity contribution in [2.24, 2.45) is 0 Å². The van der Waals surface area contributed by atoms with Crippen LogP contribution in [0.25, 0.3) is 0 Å². The predicted octanol–water partition coefficient (Wildman–Crippen LogP) is 3.90. The highest BCUT2D eigenvalue weighted by Crippen LogP contribution is 2.32. The van der Waals surface area contributed by atoms with Crippen LogP contribution in [0.2, 0.25) is 0 Å². The van der Waals surface area contributed by atoms with E-state index in [4.69, 9.17) is 9.47 Å². The second-order valence-corrected chi connectivity index (χ2v) is 9.12. The van der Waals surface area contributed by atoms with Crippen molar-refractivity contribution in [3.63, 3.8) is 0 Å². The number of hydrogen-bond acceptors (Lipinski definition) is 6. The molecule has 0 saturated carbocycles. The van der Waals surface area contributed by atoms with E-state index in [-0.39, 0.29) is 12.4 Å². The van der Waals surface area contributed by atoms with Crippen molar-refractivity contribution in [3.05, 3.63) is 45.4 Å². The van der Waals surface area contributed by atoms with Gasteiger partial charge in [-0.15, -0.1) is 0 Å². The molecule has 3 rings (SSSR count). The van der Waals surface area contributed by atoms with Crippen LogP contribution in [0.15, 0.2) is 39.8 Å². The maximum Gasteiger partial charge on any atom is 0.410 e. The van der Waals surface area contributed by atoms with Crippen LogP contribution in [0, 0.1) is 0 Å². The lowest BCUT2D eigenvalue weighted by Gasteiger charge is -2.27. The van der Waals surface area contributed by atoms with Crippen molar-refractivity contribution in [2.75, 3.05) is 19.7 Å². The average Bonchev–Trinajstić information content (AvgIpc) is 3.40. The molecule has 2 saturated heterocycles. The van der Waals surface area contributed by atoms with Gasteiger partial charge in [-0.3, -0.25) is 14.5 Å². The highest BCUT2D eigenvalue weighted by Gasteiger charge is 2.41. The smallest absolute Gasteiger partial charge is 0.410 e. The van der Waals surface area contributed by atoms with Gasteiger partial charge < -0.3 is 14.8 Å². The quantitative estimate of drug-likeness (QED) is 0.414. The molecule has 162 valence electrons. The number of likely N-dealkylation sites (tertiary alicyclic amines) is 1. The standard InChI is InChI=1S/C21H24Br2N2O5/c1-2-9-29-21(28)25-8-4-6-17(25)18(26)19(13-10-14(22)12-15(23)11-13)30-20(27)16-5-3-7-24-16/h2,10-12,16-17,19,24H,1,3-9H2/t16?,17?,19-/m1/s1. The predicted molar refractivity (Wildman–Crippen MR) is 118 cm³/mol. The van der Waals surface area contributed by atoms with Crippen LogP contribution < -0.4 is 5.32 Å². The fraction of sp³-hybridized carbons (Fsp3) is 0.476. The lowest BCUT2D eigenvalue weighted by Crippen LogP contribution is -2.44. The maximum absolute atomic E-state index is 13.5. The SMILES string of the molecule is C=CCOC(=O)N1CCCC1C(=O)[C@H](OC(=O)C1CCCN1)c1cc(Br)cc(Br)c1. The third-order valence-corrected chi connectivity index (χ3v) is 6.08. The molecule has 2 heterocycles. The van der Waals surface area contributed by atoms with E-state index in [9.17, 15) is 14.4 Å². The molecule has 0 aromatic heterocycles. The van der Waals surface area contributed by atoms with Crippen LogP contribution >= 0.6 is 31.9 Å². The molecular weight excluding hydrogens is 520 g/mol. The number of ketones is 1. The number of nitrogens with one attached hydrogen (secondary N) is 1. The maximum atomic E-state index is 13.5. The number of Topliss-reactive ketones (excluding diaryl/α,β-unsaturated/α-hetero) is 1. The molecule has 1 N–H and O–H groups in total. The van der Waals surface area contributed by atoms with E-state index in [2.05, 4.69) is 43.8 Å². The van der Waals surface area contributed by atoms with Crippen LogP contribution in [0.3, 0.4) is 0 Å². The molecule has 9 heteroatoms. The van der Waals surface area contributed by atoms with E-state index in [1.807, 2.05) is 6.07 Å². The van der Waals surface area contributed by atoms with Gasteiger partial charge in [0.15, 0.2) is 6.10 Å². The number of amides is 1. The molecule has 7 nitrogen and oxygen atoms in total. The van der Waals surface area contributed by atoms with Crippen molar-refractivity contribution < 1.29 is 23.9 Å². The first-order chi connectivity index (χ1) is 14.4. The number of carbonyl (C=O) groups excluding carboxylic acids is 3. The first kappa shape index (κ1) is 23.0. The van der Waals surface area contributed by atoms with Gasteiger partial charge in [0, 0.05) is 21.1 Å². The van der Waals surface area contributed by atoms with Crippen molar-refractivity contribution in [3.8, 4) is 0 Å². The Kier molecular flexibility index (Phi) is 8.07. The summed E-state index contributed by atoms with van der Waals surface area (Å²) in [5.41, 5.74) is 0.541. The first-order valence-corrected chi connectivity index (χ1v) is 11.5. The molecule has 2 fully saturated rings. The fourth-order valence-electron chi connectivity index (χ4n) is 3.77. The van der Waals surface area contributed by atoms with Gasteiger partial charge in [0.2, 0.25) is 5.78 Å². The molecule has 2 aliphatic rings. The Morgan fingerprint density at radius 2 is 1.93 bits per heavy atom. The number of hydrogen-bond donors (Lipinski definition) is 1. The molecule has 1 aromatic rings. The number of rotatable bonds is 7. The van der Waals surface area contributed by atoms with Gasteiger partial charge >= 0.3 is 12.1 Å². The Hall–Kier alpha value is -1.71. The zero-order valence-corrected chi connectivity index (χ0v) is 19.6. The fourth-order valence-corrected chi connectivity index (χ4v) is 5.10. The van der Waals surface area contributed by atoms with Crippen LogP contribution in [0.4, 0.5) is 4.79 Å². The molecule has 0 spiro atoms. The molecule has 0 aliphatic carbocycles. The molecule has 1 aromatic carbocycles. The normalized spacial score (nSPS) is 21.9.